The molecule has 1 N–H and O–H groups in total. The van der Waals surface area contributed by atoms with Gasteiger partial charge in [-0.1, -0.05) is 25.4 Å². The topological polar surface area (TPSA) is 48.7 Å². The number of nitrogens with one attached hydrogen (secondary N) is 1. The van der Waals surface area contributed by atoms with Crippen molar-refractivity contribution in [3.05, 3.63) is 22.8 Å². The van der Waals surface area contributed by atoms with Crippen LogP contribution in [-0.4, -0.2) is 11.5 Å². The average molecular weight is 210 g/mol. The van der Waals surface area contributed by atoms with E-state index in [0.29, 0.717) is 22.5 Å². The lowest BCUT2D eigenvalue weighted by atomic mass is 10.2. The van der Waals surface area contributed by atoms with E-state index in [-0.39, 0.29) is 0 Å². The molecule has 4 heteroatoms. The van der Waals surface area contributed by atoms with Gasteiger partial charge in [0.05, 0.1) is 11.6 Å². The zero-order valence-electron chi connectivity index (χ0n) is 8.21. The van der Waals surface area contributed by atoms with Crippen molar-refractivity contribution in [3.63, 3.8) is 0 Å². The maximum absolute atomic E-state index is 8.70. The summed E-state index contributed by atoms with van der Waals surface area (Å²) in [6, 6.07) is 5.26. The molecule has 0 aliphatic heterocycles. The van der Waals surface area contributed by atoms with Gasteiger partial charge in [-0.3, -0.25) is 0 Å². The highest BCUT2D eigenvalue weighted by Crippen LogP contribution is 2.13. The van der Waals surface area contributed by atoms with Crippen LogP contribution in [0.25, 0.3) is 0 Å². The minimum Gasteiger partial charge on any atom is -0.370 e. The summed E-state index contributed by atoms with van der Waals surface area (Å²) in [7, 11) is 0. The van der Waals surface area contributed by atoms with E-state index in [4.69, 9.17) is 16.9 Å². The smallest absolute Gasteiger partial charge is 0.132 e. The van der Waals surface area contributed by atoms with E-state index in [1.54, 1.807) is 12.1 Å². The van der Waals surface area contributed by atoms with E-state index >= 15 is 0 Å². The molecule has 0 radical (unpaired) electrons. The molecule has 0 atom stereocenters. The minimum absolute atomic E-state index is 0.343. The fourth-order valence-electron chi connectivity index (χ4n) is 0.961. The second kappa shape index (κ2) is 4.83. The van der Waals surface area contributed by atoms with Crippen molar-refractivity contribution in [3.8, 4) is 6.07 Å². The molecule has 0 amide bonds. The lowest BCUT2D eigenvalue weighted by Crippen LogP contribution is -2.09. The summed E-state index contributed by atoms with van der Waals surface area (Å²) in [6.07, 6.45) is 0. The van der Waals surface area contributed by atoms with Gasteiger partial charge in [-0.15, -0.1) is 0 Å². The van der Waals surface area contributed by atoms with Crippen LogP contribution in [0, 0.1) is 17.2 Å². The predicted octanol–water partition coefficient (Wildman–Crippen LogP) is 2.67. The second-order valence-electron chi connectivity index (χ2n) is 3.45. The van der Waals surface area contributed by atoms with Crippen LogP contribution >= 0.6 is 11.6 Å². The number of nitrogens with zero attached hydrogens (tertiary/aromatic N) is 2. The lowest BCUT2D eigenvalue weighted by Gasteiger charge is -2.08. The summed E-state index contributed by atoms with van der Waals surface area (Å²) in [5.41, 5.74) is 0.524. The highest BCUT2D eigenvalue weighted by atomic mass is 35.5. The van der Waals surface area contributed by atoms with E-state index in [2.05, 4.69) is 24.1 Å². The Morgan fingerprint density at radius 1 is 1.57 bits per heavy atom. The summed E-state index contributed by atoms with van der Waals surface area (Å²) in [6.45, 7) is 5.02. The molecular formula is C10H12ClN3. The molecule has 1 aromatic heterocycles. The second-order valence-corrected chi connectivity index (χ2v) is 3.84. The summed E-state index contributed by atoms with van der Waals surface area (Å²) in [5, 5.41) is 12.2. The molecule has 1 rings (SSSR count). The number of anilines is 1. The summed E-state index contributed by atoms with van der Waals surface area (Å²) in [4.78, 5) is 4.06. The third kappa shape index (κ3) is 3.23. The van der Waals surface area contributed by atoms with Crippen LogP contribution in [0.2, 0.25) is 5.15 Å². The fraction of sp³-hybridized carbons (Fsp3) is 0.400. The maximum atomic E-state index is 8.70. The largest absolute Gasteiger partial charge is 0.370 e. The van der Waals surface area contributed by atoms with Crippen LogP contribution in [0.5, 0.6) is 0 Å². The highest BCUT2D eigenvalue weighted by molar-refractivity contribution is 6.29. The monoisotopic (exact) mass is 209 g/mol. The zero-order chi connectivity index (χ0) is 10.6. The van der Waals surface area contributed by atoms with Gasteiger partial charge in [0, 0.05) is 6.54 Å². The van der Waals surface area contributed by atoms with Gasteiger partial charge >= 0.3 is 0 Å². The van der Waals surface area contributed by atoms with Gasteiger partial charge in [-0.25, -0.2) is 4.98 Å². The van der Waals surface area contributed by atoms with Crippen molar-refractivity contribution >= 4 is 17.4 Å². The Morgan fingerprint density at radius 3 is 2.86 bits per heavy atom. The van der Waals surface area contributed by atoms with Crippen LogP contribution in [0.1, 0.15) is 19.4 Å². The van der Waals surface area contributed by atoms with Gasteiger partial charge in [-0.2, -0.15) is 5.26 Å². The SMILES string of the molecule is CC(C)CNc1cc(C#N)cc(Cl)n1. The molecule has 0 fully saturated rings. The quantitative estimate of drug-likeness (QED) is 0.779. The Hall–Kier alpha value is -1.27. The van der Waals surface area contributed by atoms with E-state index in [1.807, 2.05) is 6.07 Å². The maximum Gasteiger partial charge on any atom is 0.132 e. The molecule has 0 aromatic carbocycles. The molecule has 0 bridgehead atoms. The van der Waals surface area contributed by atoms with Gasteiger partial charge in [0.1, 0.15) is 11.0 Å². The molecule has 0 aliphatic carbocycles. The van der Waals surface area contributed by atoms with Crippen molar-refractivity contribution in [2.45, 2.75) is 13.8 Å². The molecule has 3 nitrogen and oxygen atoms in total. The van der Waals surface area contributed by atoms with E-state index in [9.17, 15) is 0 Å². The molecule has 14 heavy (non-hydrogen) atoms. The Bertz CT molecular complexity index is 355. The van der Waals surface area contributed by atoms with E-state index in [0.717, 1.165) is 6.54 Å². The van der Waals surface area contributed by atoms with Crippen molar-refractivity contribution in [2.75, 3.05) is 11.9 Å². The third-order valence-electron chi connectivity index (χ3n) is 1.61. The molecule has 0 unspecified atom stereocenters. The molecule has 0 saturated carbocycles. The predicted molar refractivity (Wildman–Crippen MR) is 57.3 cm³/mol. The standard InChI is InChI=1S/C10H12ClN3/c1-7(2)6-13-10-4-8(5-12)3-9(11)14-10/h3-4,7H,6H2,1-2H3,(H,13,14). The molecule has 1 aromatic rings. The number of halogens is 1. The van der Waals surface area contributed by atoms with Crippen molar-refractivity contribution in [1.82, 2.24) is 4.98 Å². The van der Waals surface area contributed by atoms with Gasteiger partial charge in [0.2, 0.25) is 0 Å². The Kier molecular flexibility index (Phi) is 3.73. The third-order valence-corrected chi connectivity index (χ3v) is 1.81. The highest BCUT2D eigenvalue weighted by Gasteiger charge is 2.01. The van der Waals surface area contributed by atoms with Crippen LogP contribution in [0.4, 0.5) is 5.82 Å². The van der Waals surface area contributed by atoms with Crippen molar-refractivity contribution < 1.29 is 0 Å². The first-order valence-corrected chi connectivity index (χ1v) is 4.81. The molecule has 0 aliphatic rings. The number of hydrogen-bond donors (Lipinski definition) is 1. The van der Waals surface area contributed by atoms with Crippen LogP contribution in [0.15, 0.2) is 12.1 Å². The molecule has 0 spiro atoms. The van der Waals surface area contributed by atoms with Gasteiger partial charge < -0.3 is 5.32 Å². The van der Waals surface area contributed by atoms with Gasteiger partial charge in [0.25, 0.3) is 0 Å². The van der Waals surface area contributed by atoms with Crippen LogP contribution in [0.3, 0.4) is 0 Å². The Labute approximate surface area is 88.7 Å². The first kappa shape index (κ1) is 10.8. The van der Waals surface area contributed by atoms with E-state index in [1.165, 1.54) is 0 Å². The zero-order valence-corrected chi connectivity index (χ0v) is 8.97. The summed E-state index contributed by atoms with van der Waals surface area (Å²) < 4.78 is 0. The van der Waals surface area contributed by atoms with Crippen molar-refractivity contribution in [2.24, 2.45) is 5.92 Å². The first-order valence-electron chi connectivity index (χ1n) is 4.43. The minimum atomic E-state index is 0.343. The van der Waals surface area contributed by atoms with E-state index < -0.39 is 0 Å². The Balaban J connectivity index is 2.78. The summed E-state index contributed by atoms with van der Waals surface area (Å²) in [5.74, 6) is 1.18. The lowest BCUT2D eigenvalue weighted by molar-refractivity contribution is 0.687. The number of rotatable bonds is 3. The van der Waals surface area contributed by atoms with Crippen LogP contribution in [-0.2, 0) is 0 Å². The normalized spacial score (nSPS) is 9.93. The van der Waals surface area contributed by atoms with Gasteiger partial charge in [0.15, 0.2) is 0 Å². The molecule has 0 saturated heterocycles. The number of pyridine rings is 1. The average Bonchev–Trinajstić information content (AvgIpc) is 2.14. The van der Waals surface area contributed by atoms with Gasteiger partial charge in [-0.05, 0) is 18.1 Å². The number of nitriles is 1. The summed E-state index contributed by atoms with van der Waals surface area (Å²) >= 11 is 5.74. The molecule has 74 valence electrons. The molecular weight excluding hydrogens is 198 g/mol. The molecule has 1 heterocycles. The fourth-order valence-corrected chi connectivity index (χ4v) is 1.17. The van der Waals surface area contributed by atoms with Crippen molar-refractivity contribution in [1.29, 1.82) is 5.26 Å². The number of hydrogen-bond acceptors (Lipinski definition) is 3. The number of aromatic nitrogens is 1. The Morgan fingerprint density at radius 2 is 2.29 bits per heavy atom. The first-order chi connectivity index (χ1) is 6.61. The van der Waals surface area contributed by atoms with Crippen LogP contribution < -0.4 is 5.32 Å².